The molecule has 0 spiro atoms. The van der Waals surface area contributed by atoms with Gasteiger partial charge in [0.1, 0.15) is 11.8 Å². The van der Waals surface area contributed by atoms with Gasteiger partial charge in [-0.15, -0.1) is 0 Å². The molecule has 5 atom stereocenters. The molecule has 2 N–H and O–H groups in total. The van der Waals surface area contributed by atoms with E-state index in [1.54, 1.807) is 0 Å². The molecule has 11 nitrogen and oxygen atoms in total. The van der Waals surface area contributed by atoms with Crippen molar-refractivity contribution in [3.63, 3.8) is 0 Å². The van der Waals surface area contributed by atoms with Crippen LogP contribution in [0.4, 0.5) is 9.18 Å². The second-order valence-electron chi connectivity index (χ2n) is 9.42. The van der Waals surface area contributed by atoms with Crippen LogP contribution in [0.3, 0.4) is 0 Å². The van der Waals surface area contributed by atoms with Crippen molar-refractivity contribution < 1.29 is 76.6 Å². The summed E-state index contributed by atoms with van der Waals surface area (Å²) in [5.74, 6) is -8.97. The van der Waals surface area contributed by atoms with Crippen LogP contribution in [0.15, 0.2) is 47.4 Å². The van der Waals surface area contributed by atoms with E-state index in [0.717, 1.165) is 24.3 Å². The summed E-state index contributed by atoms with van der Waals surface area (Å²) in [4.78, 5) is 12.3. The molecule has 0 unspecified atom stereocenters. The van der Waals surface area contributed by atoms with E-state index in [0.29, 0.717) is 12.1 Å². The summed E-state index contributed by atoms with van der Waals surface area (Å²) >= 11 is 0. The van der Waals surface area contributed by atoms with Crippen molar-refractivity contribution in [3.05, 3.63) is 53.8 Å². The number of aliphatic hydroxyl groups excluding tert-OH is 1. The van der Waals surface area contributed by atoms with Gasteiger partial charge in [-0.05, 0) is 68.3 Å². The Morgan fingerprint density at radius 2 is 2.07 bits per heavy atom. The van der Waals surface area contributed by atoms with Crippen LogP contribution in [-0.4, -0.2) is 87.8 Å². The average molecular weight is 661 g/mol. The SMILES string of the molecule is [2H]C([2H])([2H])Oc1ccc(S(=O)(=O)N(C[C@@H](O)[C@H](Cc2ccc(OC([2H])(C([2H])([2H])[2H])C([2H])([2H])[2H])cc2)NC(=O)O[C@]2([2H])[C@@H]3CCO[C@@H]3OC2([2H])[2H])C([2H])([2H])C([2H])(C([2H])([2H])[2H])C([2H])([2H])[2H])cc1F. The first-order valence-electron chi connectivity index (χ1n) is 23.7. The van der Waals surface area contributed by atoms with E-state index < -0.39 is 146 Å². The van der Waals surface area contributed by atoms with Gasteiger partial charge < -0.3 is 34.1 Å². The van der Waals surface area contributed by atoms with Crippen molar-refractivity contribution in [2.75, 3.05) is 33.2 Å². The molecule has 0 bridgehead atoms. The van der Waals surface area contributed by atoms with Gasteiger partial charge >= 0.3 is 6.09 Å². The number of benzene rings is 2. The predicted molar refractivity (Wildman–Crippen MR) is 159 cm³/mol. The number of carbonyl (C=O) groups excluding carboxylic acids is 1. The number of halogens is 1. The van der Waals surface area contributed by atoms with Gasteiger partial charge in [-0.2, -0.15) is 4.31 Å². The number of rotatable bonds is 14. The Morgan fingerprint density at radius 1 is 1.27 bits per heavy atom. The minimum atomic E-state index is -5.91. The summed E-state index contributed by atoms with van der Waals surface area (Å²) in [5, 5.41) is 13.9. The molecule has 0 saturated carbocycles. The van der Waals surface area contributed by atoms with Crippen molar-refractivity contribution in [3.8, 4) is 11.5 Å². The second-order valence-corrected chi connectivity index (χ2v) is 11.3. The third kappa shape index (κ3) is 8.60. The summed E-state index contributed by atoms with van der Waals surface area (Å²) in [6, 6.07) is 2.88. The molecule has 244 valence electrons. The summed E-state index contributed by atoms with van der Waals surface area (Å²) in [6.07, 6.45) is -12.9. The van der Waals surface area contributed by atoms with Crippen LogP contribution in [0, 0.1) is 17.6 Å². The lowest BCUT2D eigenvalue weighted by atomic mass is 10.0. The average Bonchev–Trinajstić information content (AvgIpc) is 3.66. The minimum absolute atomic E-state index is 0.0481. The van der Waals surface area contributed by atoms with E-state index in [1.807, 2.05) is 0 Å². The van der Waals surface area contributed by atoms with Gasteiger partial charge in [0, 0.05) is 33.6 Å². The van der Waals surface area contributed by atoms with Gasteiger partial charge in [-0.25, -0.2) is 17.6 Å². The Hall–Kier alpha value is -2.97. The number of carbonyl (C=O) groups is 1. The zero-order valence-electron chi connectivity index (χ0n) is 44.6. The van der Waals surface area contributed by atoms with Crippen molar-refractivity contribution in [1.29, 1.82) is 0 Å². The highest BCUT2D eigenvalue weighted by atomic mass is 32.2. The van der Waals surface area contributed by atoms with Crippen LogP contribution >= 0.6 is 0 Å². The molecule has 2 aromatic carbocycles. The zero-order valence-corrected chi connectivity index (χ0v) is 23.4. The van der Waals surface area contributed by atoms with Crippen molar-refractivity contribution >= 4 is 16.1 Å². The second kappa shape index (κ2) is 14.9. The van der Waals surface area contributed by atoms with E-state index >= 15 is 4.39 Å². The molecular weight excluding hydrogens is 595 g/mol. The number of alkyl carbamates (subject to hydrolysis) is 1. The van der Waals surface area contributed by atoms with Crippen LogP contribution in [0.25, 0.3) is 0 Å². The van der Waals surface area contributed by atoms with Gasteiger partial charge in [0.05, 0.1) is 58.8 Å². The number of sulfonamides is 1. The van der Waals surface area contributed by atoms with Crippen LogP contribution in [0.1, 0.15) is 69.5 Å². The lowest BCUT2D eigenvalue weighted by Crippen LogP contribution is -2.51. The zero-order chi connectivity index (χ0) is 50.9. The van der Waals surface area contributed by atoms with Crippen molar-refractivity contribution in [2.24, 2.45) is 11.8 Å². The maximum absolute atomic E-state index is 15.2. The Kier molecular flexibility index (Phi) is 5.10. The Morgan fingerprint density at radius 3 is 2.77 bits per heavy atom. The van der Waals surface area contributed by atoms with Gasteiger partial charge in [0.25, 0.3) is 0 Å². The third-order valence-electron chi connectivity index (χ3n) is 6.41. The van der Waals surface area contributed by atoms with E-state index in [2.05, 4.69) is 10.1 Å². The number of aliphatic hydroxyl groups is 1. The van der Waals surface area contributed by atoms with E-state index in [1.165, 1.54) is 0 Å². The molecule has 0 aromatic heterocycles. The van der Waals surface area contributed by atoms with Crippen molar-refractivity contribution in [2.45, 2.75) is 75.7 Å². The number of methoxy groups -OCH3 is 1. The molecule has 2 aliphatic rings. The van der Waals surface area contributed by atoms with Crippen LogP contribution < -0.4 is 14.8 Å². The molecule has 2 fully saturated rings. The van der Waals surface area contributed by atoms with Crippen LogP contribution in [0.2, 0.25) is 0 Å². The number of amides is 1. The molecule has 2 aliphatic heterocycles. The third-order valence-corrected chi connectivity index (χ3v) is 8.08. The normalized spacial score (nSPS) is 33.8. The standard InChI is InChI=1S/C31H43FN2O9S/c1-19(2)16-34(44(37,38)23-10-11-28(39-5)25(32)15-23)17-27(35)26(14-21-6-8-22(9-7-21)42-20(3)4)33-31(36)43-29-18-41-30-24(29)12-13-40-30/h6-11,15,19-20,24,26-27,29-30,35H,12-14,16-18H2,1-5H3,(H,33,36)/t24-,26-,27+,29-,30+/m0/s1/i1D3,2D3,3D3,4D3,5D3,16D2,18D2,19D,20D,29D. The predicted octanol–water partition coefficient (Wildman–Crippen LogP) is 3.73. The summed E-state index contributed by atoms with van der Waals surface area (Å²) < 4.78 is 243. The van der Waals surface area contributed by atoms with E-state index in [9.17, 15) is 18.3 Å². The molecule has 2 heterocycles. The molecule has 0 aliphatic carbocycles. The fourth-order valence-electron chi connectivity index (χ4n) is 4.33. The van der Waals surface area contributed by atoms with Gasteiger partial charge in [-0.3, -0.25) is 0 Å². The smallest absolute Gasteiger partial charge is 0.407 e. The highest BCUT2D eigenvalue weighted by Gasteiger charge is 2.44. The Balaban J connectivity index is 1.86. The molecule has 1 amide bonds. The van der Waals surface area contributed by atoms with E-state index in [4.69, 9.17) is 49.1 Å². The van der Waals surface area contributed by atoms with E-state index in [-0.39, 0.29) is 24.7 Å². The molecular formula is C31H43FN2O9S. The lowest BCUT2D eigenvalue weighted by molar-refractivity contribution is -0.0907. The van der Waals surface area contributed by atoms with Crippen LogP contribution in [0.5, 0.6) is 11.5 Å². The molecule has 2 saturated heterocycles. The Bertz CT molecular complexity index is 2160. The largest absolute Gasteiger partial charge is 0.494 e. The first-order chi connectivity index (χ1) is 29.5. The van der Waals surface area contributed by atoms with Crippen molar-refractivity contribution in [1.82, 2.24) is 9.62 Å². The van der Waals surface area contributed by atoms with Gasteiger partial charge in [-0.1, -0.05) is 25.8 Å². The molecule has 13 heteroatoms. The monoisotopic (exact) mass is 660 g/mol. The summed E-state index contributed by atoms with van der Waals surface area (Å²) in [6.45, 7) is -24.9. The molecule has 2 aromatic rings. The van der Waals surface area contributed by atoms with Gasteiger partial charge in [0.2, 0.25) is 10.0 Å². The fourth-order valence-corrected chi connectivity index (χ4v) is 5.64. The lowest BCUT2D eigenvalue weighted by Gasteiger charge is -2.31. The quantitative estimate of drug-likeness (QED) is 0.311. The topological polar surface area (TPSA) is 133 Å². The van der Waals surface area contributed by atoms with Crippen LogP contribution in [-0.2, 0) is 30.7 Å². The van der Waals surface area contributed by atoms with Gasteiger partial charge in [0.15, 0.2) is 17.9 Å². The summed E-state index contributed by atoms with van der Waals surface area (Å²) in [7, 11) is -9.19. The molecule has 44 heavy (non-hydrogen) atoms. The number of fused-ring (bicyclic) bond motifs is 1. The number of hydrogen-bond donors (Lipinski definition) is 2. The number of ether oxygens (including phenoxy) is 5. The molecule has 0 radical (unpaired) electrons. The minimum Gasteiger partial charge on any atom is -0.494 e. The maximum atomic E-state index is 15.2. The fraction of sp³-hybridized carbons (Fsp3) is 0.581. The highest BCUT2D eigenvalue weighted by Crippen LogP contribution is 2.33. The number of nitrogens with zero attached hydrogens (tertiary/aromatic N) is 1. The maximum Gasteiger partial charge on any atom is 0.407 e. The number of hydrogen-bond acceptors (Lipinski definition) is 9. The molecule has 4 rings (SSSR count). The Labute approximate surface area is 289 Å². The summed E-state index contributed by atoms with van der Waals surface area (Å²) in [5.41, 5.74) is -0.0708. The first kappa shape index (κ1) is 15.1. The first-order valence-corrected chi connectivity index (χ1v) is 14.2. The highest BCUT2D eigenvalue weighted by molar-refractivity contribution is 7.89. The number of nitrogens with one attached hydrogen (secondary N) is 1.